The number of rotatable bonds is 4. The molecule has 3 aromatic rings. The Morgan fingerprint density at radius 3 is 2.41 bits per heavy atom. The molecule has 0 unspecified atom stereocenters. The summed E-state index contributed by atoms with van der Waals surface area (Å²) in [5, 5.41) is 3.18. The van der Waals surface area contributed by atoms with Crippen molar-refractivity contribution in [2.24, 2.45) is 0 Å². The van der Waals surface area contributed by atoms with Gasteiger partial charge in [0.2, 0.25) is 0 Å². The highest BCUT2D eigenvalue weighted by Gasteiger charge is 2.37. The van der Waals surface area contributed by atoms with E-state index in [1.165, 1.54) is 0 Å². The molecule has 144 valence electrons. The first-order valence-electron chi connectivity index (χ1n) is 9.18. The van der Waals surface area contributed by atoms with Gasteiger partial charge in [-0.1, -0.05) is 42.5 Å². The SMILES string of the molecule is C=CCn1c(C)c(/C=C2\C(=O)NC(=O)N(c3ccccc3)C2=O)c2ccccc21. The summed E-state index contributed by atoms with van der Waals surface area (Å²) in [5.74, 6) is -1.35. The van der Waals surface area contributed by atoms with E-state index in [0.29, 0.717) is 12.2 Å². The van der Waals surface area contributed by atoms with E-state index in [0.717, 1.165) is 27.1 Å². The van der Waals surface area contributed by atoms with Crippen LogP contribution in [-0.4, -0.2) is 22.4 Å². The van der Waals surface area contributed by atoms with Crippen molar-refractivity contribution in [3.63, 3.8) is 0 Å². The molecule has 0 saturated carbocycles. The van der Waals surface area contributed by atoms with Crippen LogP contribution in [0.3, 0.4) is 0 Å². The van der Waals surface area contributed by atoms with E-state index in [2.05, 4.69) is 16.5 Å². The Labute approximate surface area is 167 Å². The van der Waals surface area contributed by atoms with Crippen LogP contribution in [0.25, 0.3) is 17.0 Å². The molecule has 6 nitrogen and oxygen atoms in total. The van der Waals surface area contributed by atoms with Crippen LogP contribution >= 0.6 is 0 Å². The fraction of sp³-hybridized carbons (Fsp3) is 0.0870. The first kappa shape index (κ1) is 18.4. The van der Waals surface area contributed by atoms with Crippen molar-refractivity contribution in [2.75, 3.05) is 4.90 Å². The van der Waals surface area contributed by atoms with Crippen LogP contribution in [0, 0.1) is 6.92 Å². The summed E-state index contributed by atoms with van der Waals surface area (Å²) in [5.41, 5.74) is 2.97. The molecule has 2 heterocycles. The monoisotopic (exact) mass is 385 g/mol. The molecule has 1 aliphatic heterocycles. The minimum Gasteiger partial charge on any atom is -0.340 e. The fourth-order valence-electron chi connectivity index (χ4n) is 3.62. The molecule has 0 spiro atoms. The van der Waals surface area contributed by atoms with Crippen LogP contribution in [-0.2, 0) is 16.1 Å². The lowest BCUT2D eigenvalue weighted by Gasteiger charge is -2.26. The Morgan fingerprint density at radius 1 is 1.00 bits per heavy atom. The number of carbonyl (C=O) groups is 3. The number of allylic oxidation sites excluding steroid dienone is 1. The number of hydrogen-bond acceptors (Lipinski definition) is 3. The molecule has 1 aromatic heterocycles. The van der Waals surface area contributed by atoms with E-state index in [1.54, 1.807) is 42.5 Å². The molecule has 0 aliphatic carbocycles. The van der Waals surface area contributed by atoms with Gasteiger partial charge in [-0.25, -0.2) is 9.69 Å². The zero-order chi connectivity index (χ0) is 20.5. The van der Waals surface area contributed by atoms with Crippen molar-refractivity contribution < 1.29 is 14.4 Å². The number of carbonyl (C=O) groups excluding carboxylic acids is 3. The minimum absolute atomic E-state index is 0.0851. The number of imide groups is 2. The number of para-hydroxylation sites is 2. The summed E-state index contributed by atoms with van der Waals surface area (Å²) in [6, 6.07) is 15.5. The Kier molecular flexibility index (Phi) is 4.60. The van der Waals surface area contributed by atoms with Crippen molar-refractivity contribution >= 4 is 40.5 Å². The fourth-order valence-corrected chi connectivity index (χ4v) is 3.62. The van der Waals surface area contributed by atoms with Gasteiger partial charge >= 0.3 is 6.03 Å². The predicted octanol–water partition coefficient (Wildman–Crippen LogP) is 3.80. The molecule has 1 saturated heterocycles. The predicted molar refractivity (Wildman–Crippen MR) is 112 cm³/mol. The van der Waals surface area contributed by atoms with Crippen LogP contribution in [0.2, 0.25) is 0 Å². The van der Waals surface area contributed by atoms with Gasteiger partial charge in [0.1, 0.15) is 5.57 Å². The molecule has 0 bridgehead atoms. The second-order valence-corrected chi connectivity index (χ2v) is 6.71. The number of nitrogens with one attached hydrogen (secondary N) is 1. The zero-order valence-corrected chi connectivity index (χ0v) is 15.9. The van der Waals surface area contributed by atoms with Gasteiger partial charge in [0.25, 0.3) is 11.8 Å². The Morgan fingerprint density at radius 2 is 1.69 bits per heavy atom. The number of benzene rings is 2. The quantitative estimate of drug-likeness (QED) is 0.422. The van der Waals surface area contributed by atoms with Crippen molar-refractivity contribution in [2.45, 2.75) is 13.5 Å². The molecule has 1 fully saturated rings. The largest absolute Gasteiger partial charge is 0.340 e. The molecular weight excluding hydrogens is 366 g/mol. The lowest BCUT2D eigenvalue weighted by atomic mass is 10.0. The van der Waals surface area contributed by atoms with Crippen LogP contribution in [0.1, 0.15) is 11.3 Å². The van der Waals surface area contributed by atoms with Gasteiger partial charge in [0, 0.05) is 28.7 Å². The Hall–Kier alpha value is -3.93. The summed E-state index contributed by atoms with van der Waals surface area (Å²) in [4.78, 5) is 38.9. The number of barbiturate groups is 1. The average Bonchev–Trinajstić information content (AvgIpc) is 2.98. The first-order chi connectivity index (χ1) is 14.0. The topological polar surface area (TPSA) is 71.4 Å². The highest BCUT2D eigenvalue weighted by Crippen LogP contribution is 2.29. The second-order valence-electron chi connectivity index (χ2n) is 6.71. The summed E-state index contributed by atoms with van der Waals surface area (Å²) in [7, 11) is 0. The van der Waals surface area contributed by atoms with Gasteiger partial charge in [0.05, 0.1) is 5.69 Å². The van der Waals surface area contributed by atoms with Crippen LogP contribution in [0.4, 0.5) is 10.5 Å². The number of nitrogens with zero attached hydrogens (tertiary/aromatic N) is 2. The van der Waals surface area contributed by atoms with Crippen molar-refractivity contribution in [1.29, 1.82) is 0 Å². The maximum absolute atomic E-state index is 13.1. The third kappa shape index (κ3) is 3.04. The van der Waals surface area contributed by atoms with E-state index < -0.39 is 17.8 Å². The van der Waals surface area contributed by atoms with Crippen molar-refractivity contribution in [1.82, 2.24) is 9.88 Å². The number of anilines is 1. The number of hydrogen-bond donors (Lipinski definition) is 1. The Balaban J connectivity index is 1.87. The average molecular weight is 385 g/mol. The van der Waals surface area contributed by atoms with Gasteiger partial charge in [-0.05, 0) is 31.2 Å². The number of fused-ring (bicyclic) bond motifs is 1. The molecule has 1 aliphatic rings. The molecule has 29 heavy (non-hydrogen) atoms. The van der Waals surface area contributed by atoms with E-state index >= 15 is 0 Å². The van der Waals surface area contributed by atoms with Gasteiger partial charge < -0.3 is 4.57 Å². The standard InChI is InChI=1S/C23H19N3O3/c1-3-13-25-15(2)18(17-11-7-8-12-20(17)25)14-19-21(27)24-23(29)26(22(19)28)16-9-5-4-6-10-16/h3-12,14H,1,13H2,2H3,(H,24,27,29)/b19-14+. The second kappa shape index (κ2) is 7.24. The molecule has 2 aromatic carbocycles. The minimum atomic E-state index is -0.755. The van der Waals surface area contributed by atoms with Gasteiger partial charge in [-0.15, -0.1) is 6.58 Å². The molecule has 4 rings (SSSR count). The summed E-state index contributed by atoms with van der Waals surface area (Å²) in [6.45, 7) is 6.34. The van der Waals surface area contributed by atoms with Crippen LogP contribution < -0.4 is 10.2 Å². The molecule has 0 radical (unpaired) electrons. The highest BCUT2D eigenvalue weighted by molar-refractivity contribution is 6.39. The highest BCUT2D eigenvalue weighted by atomic mass is 16.2. The zero-order valence-electron chi connectivity index (χ0n) is 15.9. The van der Waals surface area contributed by atoms with Crippen molar-refractivity contribution in [3.05, 3.63) is 84.1 Å². The maximum Gasteiger partial charge on any atom is 0.335 e. The van der Waals surface area contributed by atoms with Crippen LogP contribution in [0.5, 0.6) is 0 Å². The molecule has 0 atom stereocenters. The lowest BCUT2D eigenvalue weighted by molar-refractivity contribution is -0.122. The van der Waals surface area contributed by atoms with Crippen LogP contribution in [0.15, 0.2) is 72.8 Å². The van der Waals surface area contributed by atoms with Gasteiger partial charge in [0.15, 0.2) is 0 Å². The number of amides is 4. The third-order valence-electron chi connectivity index (χ3n) is 5.00. The molecule has 4 amide bonds. The maximum atomic E-state index is 13.1. The summed E-state index contributed by atoms with van der Waals surface area (Å²) in [6.07, 6.45) is 3.36. The number of urea groups is 1. The lowest BCUT2D eigenvalue weighted by Crippen LogP contribution is -2.54. The smallest absolute Gasteiger partial charge is 0.335 e. The summed E-state index contributed by atoms with van der Waals surface area (Å²) >= 11 is 0. The van der Waals surface area contributed by atoms with Crippen molar-refractivity contribution in [3.8, 4) is 0 Å². The van der Waals surface area contributed by atoms with E-state index in [1.807, 2.05) is 31.2 Å². The van der Waals surface area contributed by atoms with E-state index in [4.69, 9.17) is 0 Å². The van der Waals surface area contributed by atoms with Gasteiger partial charge in [-0.3, -0.25) is 14.9 Å². The Bertz CT molecular complexity index is 1190. The number of aromatic nitrogens is 1. The van der Waals surface area contributed by atoms with E-state index in [9.17, 15) is 14.4 Å². The molecule has 1 N–H and O–H groups in total. The van der Waals surface area contributed by atoms with E-state index in [-0.39, 0.29) is 5.57 Å². The first-order valence-corrected chi connectivity index (χ1v) is 9.18. The normalized spacial score (nSPS) is 15.8. The van der Waals surface area contributed by atoms with Gasteiger partial charge in [-0.2, -0.15) is 0 Å². The summed E-state index contributed by atoms with van der Waals surface area (Å²) < 4.78 is 2.07. The molecule has 6 heteroatoms. The third-order valence-corrected chi connectivity index (χ3v) is 5.00. The molecular formula is C23H19N3O3.